The molecule has 0 saturated carbocycles. The minimum Gasteiger partial charge on any atom is -0.306 e. The van der Waals surface area contributed by atoms with Gasteiger partial charge in [-0.3, -0.25) is 9.48 Å². The van der Waals surface area contributed by atoms with E-state index in [1.165, 1.54) is 23.5 Å². The number of imidazole rings is 1. The van der Waals surface area contributed by atoms with Gasteiger partial charge in [0.15, 0.2) is 5.69 Å². The van der Waals surface area contributed by atoms with Gasteiger partial charge in [0.1, 0.15) is 5.82 Å². The topological polar surface area (TPSA) is 74.4 Å². The molecule has 6 aromatic rings. The summed E-state index contributed by atoms with van der Waals surface area (Å²) in [5.74, 6) is -0.320. The Morgan fingerprint density at radius 1 is 0.951 bits per heavy atom. The van der Waals surface area contributed by atoms with Crippen molar-refractivity contribution in [3.63, 3.8) is 0 Å². The van der Waals surface area contributed by atoms with E-state index in [0.717, 1.165) is 39.6 Å². The Morgan fingerprint density at radius 3 is 2.37 bits per heavy atom. The zero-order chi connectivity index (χ0) is 28.5. The van der Waals surface area contributed by atoms with Gasteiger partial charge < -0.3 is 4.57 Å². The smallest absolute Gasteiger partial charge is 0.297 e. The van der Waals surface area contributed by atoms with Crippen LogP contribution in [0.25, 0.3) is 22.6 Å². The lowest BCUT2D eigenvalue weighted by Crippen LogP contribution is -2.20. The summed E-state index contributed by atoms with van der Waals surface area (Å²) in [6.07, 6.45) is 5.37. The van der Waals surface area contributed by atoms with E-state index in [0.29, 0.717) is 10.5 Å². The SMILES string of the molecule is CC(=Nn1c(-c2ccc(F)cc2)csc1=Nc1c(C)n(C)n(-c2ccccc2)c1=O)c1ccc(-n2ccnc2)cc1. The third kappa shape index (κ3) is 5.01. The number of benzene rings is 3. The lowest BCUT2D eigenvalue weighted by molar-refractivity contribution is 0.628. The molecule has 41 heavy (non-hydrogen) atoms. The van der Waals surface area contributed by atoms with Crippen molar-refractivity contribution in [2.75, 3.05) is 0 Å². The maximum absolute atomic E-state index is 13.7. The summed E-state index contributed by atoms with van der Waals surface area (Å²) >= 11 is 1.36. The van der Waals surface area contributed by atoms with Gasteiger partial charge in [-0.25, -0.2) is 23.7 Å². The molecule has 0 atom stereocenters. The van der Waals surface area contributed by atoms with E-state index < -0.39 is 0 Å². The molecule has 0 amide bonds. The Balaban J connectivity index is 1.49. The Labute approximate surface area is 239 Å². The molecule has 0 N–H and O–H groups in total. The van der Waals surface area contributed by atoms with Gasteiger partial charge in [-0.05, 0) is 67.9 Å². The summed E-state index contributed by atoms with van der Waals surface area (Å²) < 4.78 is 20.8. The van der Waals surface area contributed by atoms with E-state index in [-0.39, 0.29) is 11.4 Å². The zero-order valence-corrected chi connectivity index (χ0v) is 23.5. The number of hydrogen-bond acceptors (Lipinski definition) is 5. The molecule has 0 aliphatic rings. The molecule has 0 aliphatic carbocycles. The highest BCUT2D eigenvalue weighted by molar-refractivity contribution is 7.07. The Kier molecular flexibility index (Phi) is 6.90. The first-order chi connectivity index (χ1) is 19.9. The summed E-state index contributed by atoms with van der Waals surface area (Å²) in [5.41, 5.74) is 5.75. The number of para-hydroxylation sites is 1. The van der Waals surface area contributed by atoms with Crippen molar-refractivity contribution in [3.05, 3.63) is 135 Å². The van der Waals surface area contributed by atoms with Gasteiger partial charge in [-0.15, -0.1) is 11.3 Å². The van der Waals surface area contributed by atoms with E-state index in [1.54, 1.807) is 38.7 Å². The molecule has 6 rings (SSSR count). The van der Waals surface area contributed by atoms with Crippen molar-refractivity contribution >= 4 is 22.7 Å². The van der Waals surface area contributed by atoms with Crippen LogP contribution in [0.15, 0.2) is 118 Å². The Hall–Kier alpha value is -5.09. The van der Waals surface area contributed by atoms with Crippen LogP contribution < -0.4 is 10.4 Å². The lowest BCUT2D eigenvalue weighted by atomic mass is 10.1. The number of thiazole rings is 1. The molecule has 0 bridgehead atoms. The summed E-state index contributed by atoms with van der Waals surface area (Å²) in [5, 5.41) is 6.86. The predicted molar refractivity (Wildman–Crippen MR) is 160 cm³/mol. The van der Waals surface area contributed by atoms with Gasteiger partial charge in [-0.1, -0.05) is 30.3 Å². The second-order valence-corrected chi connectivity index (χ2v) is 10.3. The standard InChI is InChI=1S/C31H26FN7OS/c1-21(23-11-15-26(16-12-23)37-18-17-33-20-37)35-38-28(24-9-13-25(32)14-10-24)19-41-31(38)34-29-22(2)36(3)39(30(29)40)27-7-5-4-6-8-27/h4-20H,1-3H3. The molecule has 0 aliphatic heterocycles. The van der Waals surface area contributed by atoms with E-state index in [2.05, 4.69) is 4.98 Å². The van der Waals surface area contributed by atoms with Crippen LogP contribution in [0, 0.1) is 12.7 Å². The van der Waals surface area contributed by atoms with E-state index in [1.807, 2.05) is 91.6 Å². The van der Waals surface area contributed by atoms with Crippen molar-refractivity contribution in [3.8, 4) is 22.6 Å². The van der Waals surface area contributed by atoms with Gasteiger partial charge in [0.25, 0.3) is 5.56 Å². The lowest BCUT2D eigenvalue weighted by Gasteiger charge is -2.08. The van der Waals surface area contributed by atoms with Crippen molar-refractivity contribution in [1.82, 2.24) is 23.6 Å². The molecule has 3 aromatic heterocycles. The molecule has 204 valence electrons. The largest absolute Gasteiger partial charge is 0.306 e. The highest BCUT2D eigenvalue weighted by Crippen LogP contribution is 2.23. The highest BCUT2D eigenvalue weighted by Gasteiger charge is 2.17. The van der Waals surface area contributed by atoms with Gasteiger partial charge in [0, 0.05) is 36.1 Å². The van der Waals surface area contributed by atoms with Crippen LogP contribution in [0.1, 0.15) is 18.2 Å². The molecule has 10 heteroatoms. The van der Waals surface area contributed by atoms with Crippen LogP contribution in [0.4, 0.5) is 10.1 Å². The van der Waals surface area contributed by atoms with Crippen LogP contribution in [-0.4, -0.2) is 29.3 Å². The monoisotopic (exact) mass is 563 g/mol. The highest BCUT2D eigenvalue weighted by atomic mass is 32.1. The number of rotatable bonds is 6. The Bertz CT molecular complexity index is 1980. The molecule has 0 fully saturated rings. The molecule has 0 spiro atoms. The fourth-order valence-corrected chi connectivity index (χ4v) is 5.40. The first-order valence-corrected chi connectivity index (χ1v) is 13.8. The second kappa shape index (κ2) is 10.8. The maximum atomic E-state index is 13.7. The van der Waals surface area contributed by atoms with Crippen molar-refractivity contribution in [1.29, 1.82) is 0 Å². The summed E-state index contributed by atoms with van der Waals surface area (Å²) in [6.45, 7) is 3.79. The molecule has 3 heterocycles. The molecular formula is C31H26FN7OS. The van der Waals surface area contributed by atoms with Gasteiger partial charge in [0.05, 0.1) is 29.1 Å². The molecule has 3 aromatic carbocycles. The van der Waals surface area contributed by atoms with Crippen LogP contribution in [0.2, 0.25) is 0 Å². The molecule has 0 radical (unpaired) electrons. The first kappa shape index (κ1) is 26.1. The van der Waals surface area contributed by atoms with Crippen LogP contribution in [-0.2, 0) is 7.05 Å². The normalized spacial score (nSPS) is 12.3. The minimum atomic E-state index is -0.320. The summed E-state index contributed by atoms with van der Waals surface area (Å²) in [6, 6.07) is 23.7. The predicted octanol–water partition coefficient (Wildman–Crippen LogP) is 5.84. The molecule has 0 unspecified atom stereocenters. The average Bonchev–Trinajstić information content (AvgIpc) is 3.71. The van der Waals surface area contributed by atoms with Gasteiger partial charge >= 0.3 is 0 Å². The van der Waals surface area contributed by atoms with Gasteiger partial charge in [0.2, 0.25) is 4.80 Å². The van der Waals surface area contributed by atoms with Gasteiger partial charge in [-0.2, -0.15) is 5.10 Å². The van der Waals surface area contributed by atoms with E-state index in [9.17, 15) is 9.18 Å². The third-order valence-electron chi connectivity index (χ3n) is 6.89. The Morgan fingerprint density at radius 2 is 1.68 bits per heavy atom. The number of halogens is 1. The van der Waals surface area contributed by atoms with Crippen LogP contribution in [0.5, 0.6) is 0 Å². The first-order valence-electron chi connectivity index (χ1n) is 12.9. The number of hydrogen-bond donors (Lipinski definition) is 0. The van der Waals surface area contributed by atoms with Crippen molar-refractivity contribution < 1.29 is 4.39 Å². The summed E-state index contributed by atoms with van der Waals surface area (Å²) in [7, 11) is 1.84. The van der Waals surface area contributed by atoms with E-state index in [4.69, 9.17) is 10.1 Å². The summed E-state index contributed by atoms with van der Waals surface area (Å²) in [4.78, 5) is 23.0. The molecule has 0 saturated heterocycles. The fraction of sp³-hybridized carbons (Fsp3) is 0.0968. The second-order valence-electron chi connectivity index (χ2n) is 9.45. The van der Waals surface area contributed by atoms with Crippen LogP contribution in [0.3, 0.4) is 0 Å². The van der Waals surface area contributed by atoms with Crippen molar-refractivity contribution in [2.45, 2.75) is 13.8 Å². The van der Waals surface area contributed by atoms with Crippen LogP contribution >= 0.6 is 11.3 Å². The maximum Gasteiger partial charge on any atom is 0.297 e. The molecule has 8 nitrogen and oxygen atoms in total. The average molecular weight is 564 g/mol. The third-order valence-corrected chi connectivity index (χ3v) is 7.71. The minimum absolute atomic E-state index is 0.227. The van der Waals surface area contributed by atoms with Crippen molar-refractivity contribution in [2.24, 2.45) is 17.1 Å². The zero-order valence-electron chi connectivity index (χ0n) is 22.6. The fourth-order valence-electron chi connectivity index (χ4n) is 4.57. The number of aromatic nitrogens is 5. The van der Waals surface area contributed by atoms with E-state index >= 15 is 0 Å². The number of nitrogens with zero attached hydrogens (tertiary/aromatic N) is 7. The molecular weight excluding hydrogens is 537 g/mol. The quantitative estimate of drug-likeness (QED) is 0.239.